The van der Waals surface area contributed by atoms with Crippen molar-refractivity contribution < 1.29 is 13.2 Å². The summed E-state index contributed by atoms with van der Waals surface area (Å²) >= 11 is 6.71. The van der Waals surface area contributed by atoms with E-state index in [4.69, 9.17) is 0 Å². The second-order valence-electron chi connectivity index (χ2n) is 7.33. The molecule has 1 heterocycles. The van der Waals surface area contributed by atoms with E-state index in [2.05, 4.69) is 45.7 Å². The normalized spacial score (nSPS) is 41.9. The van der Waals surface area contributed by atoms with Gasteiger partial charge in [-0.25, -0.2) is 12.7 Å². The van der Waals surface area contributed by atoms with Crippen LogP contribution in [-0.2, 0) is 14.8 Å². The van der Waals surface area contributed by atoms with Crippen LogP contribution in [0.15, 0.2) is 0 Å². The van der Waals surface area contributed by atoms with Gasteiger partial charge in [0.15, 0.2) is 0 Å². The van der Waals surface area contributed by atoms with Crippen LogP contribution in [0.3, 0.4) is 0 Å². The largest absolute Gasteiger partial charge is 0.272 e. The Balaban J connectivity index is 2.03. The van der Waals surface area contributed by atoms with Crippen LogP contribution in [0.1, 0.15) is 40.0 Å². The molecule has 3 rings (SSSR count). The van der Waals surface area contributed by atoms with Gasteiger partial charge in [-0.2, -0.15) is 0 Å². The first-order chi connectivity index (χ1) is 9.54. The van der Waals surface area contributed by atoms with Gasteiger partial charge in [0.25, 0.3) is 5.91 Å². The van der Waals surface area contributed by atoms with E-state index in [1.165, 1.54) is 4.31 Å². The number of alkyl halides is 2. The molecular weight excluding hydrogens is 422 g/mol. The highest BCUT2D eigenvalue weighted by atomic mass is 79.9. The average molecular weight is 443 g/mol. The van der Waals surface area contributed by atoms with Crippen molar-refractivity contribution in [2.75, 3.05) is 5.75 Å². The summed E-state index contributed by atoms with van der Waals surface area (Å²) in [5.41, 5.74) is -0.240. The maximum absolute atomic E-state index is 12.7. The summed E-state index contributed by atoms with van der Waals surface area (Å²) in [7, 11) is -3.51. The lowest BCUT2D eigenvalue weighted by molar-refractivity contribution is -0.128. The van der Waals surface area contributed by atoms with Gasteiger partial charge >= 0.3 is 0 Å². The Hall–Kier alpha value is 0.380. The standard InChI is InChI=1S/C14H21Br2NO3S/c1-8(15)11(16)12(18)17-10-6-9-4-5-14(10,13(9,2)3)7-21(17,19)20/h8-11H,4-7H2,1-3H3/t8?,9-,10-,11?,14-/m0/s1. The highest BCUT2D eigenvalue weighted by molar-refractivity contribution is 9.12. The Morgan fingerprint density at radius 3 is 2.48 bits per heavy atom. The number of halogens is 2. The van der Waals surface area contributed by atoms with Crippen LogP contribution in [-0.4, -0.2) is 40.1 Å². The molecule has 2 aliphatic carbocycles. The number of fused-ring (bicyclic) bond motifs is 1. The van der Waals surface area contributed by atoms with Crippen LogP contribution in [0, 0.1) is 16.7 Å². The number of carbonyl (C=O) groups is 1. The molecule has 2 unspecified atom stereocenters. The van der Waals surface area contributed by atoms with Gasteiger partial charge in [-0.1, -0.05) is 52.6 Å². The van der Waals surface area contributed by atoms with E-state index >= 15 is 0 Å². The summed E-state index contributed by atoms with van der Waals surface area (Å²) in [5, 5.41) is 0. The van der Waals surface area contributed by atoms with E-state index in [0.29, 0.717) is 5.92 Å². The van der Waals surface area contributed by atoms with Gasteiger partial charge in [0.1, 0.15) is 4.83 Å². The molecule has 1 saturated heterocycles. The number of amides is 1. The van der Waals surface area contributed by atoms with E-state index in [1.807, 2.05) is 6.92 Å². The Morgan fingerprint density at radius 2 is 1.95 bits per heavy atom. The molecular formula is C14H21Br2NO3S. The fourth-order valence-corrected chi connectivity index (χ4v) is 8.04. The lowest BCUT2D eigenvalue weighted by Gasteiger charge is -2.37. The van der Waals surface area contributed by atoms with Crippen molar-refractivity contribution in [1.29, 1.82) is 0 Å². The molecule has 1 aliphatic heterocycles. The van der Waals surface area contributed by atoms with Crippen molar-refractivity contribution in [2.24, 2.45) is 16.7 Å². The van der Waals surface area contributed by atoms with E-state index in [9.17, 15) is 13.2 Å². The second kappa shape index (κ2) is 4.69. The molecule has 1 amide bonds. The van der Waals surface area contributed by atoms with Crippen LogP contribution in [0.5, 0.6) is 0 Å². The Bertz CT molecular complexity index is 589. The van der Waals surface area contributed by atoms with E-state index in [-0.39, 0.29) is 33.4 Å². The molecule has 1 spiro atoms. The van der Waals surface area contributed by atoms with E-state index in [0.717, 1.165) is 19.3 Å². The Morgan fingerprint density at radius 1 is 1.33 bits per heavy atom. The van der Waals surface area contributed by atoms with Crippen molar-refractivity contribution in [1.82, 2.24) is 4.31 Å². The maximum Gasteiger partial charge on any atom is 0.251 e. The third-order valence-corrected chi connectivity index (χ3v) is 10.6. The first kappa shape index (κ1) is 16.2. The molecule has 4 nitrogen and oxygen atoms in total. The highest BCUT2D eigenvalue weighted by Gasteiger charge is 2.72. The van der Waals surface area contributed by atoms with Crippen molar-refractivity contribution in [2.45, 2.75) is 55.7 Å². The molecule has 0 N–H and O–H groups in total. The highest BCUT2D eigenvalue weighted by Crippen LogP contribution is 2.70. The minimum atomic E-state index is -3.51. The number of sulfonamides is 1. The molecule has 2 saturated carbocycles. The minimum absolute atomic E-state index is 0.00158. The first-order valence-corrected chi connectivity index (χ1v) is 10.8. The third kappa shape index (κ3) is 1.95. The minimum Gasteiger partial charge on any atom is -0.272 e. The number of nitrogens with zero attached hydrogens (tertiary/aromatic N) is 1. The SMILES string of the molecule is CC(Br)C(Br)C(=O)N1[C@H]2C[C@@H]3CC[C@@]2(CS1(=O)=O)C3(C)C. The van der Waals surface area contributed by atoms with Crippen molar-refractivity contribution in [3.63, 3.8) is 0 Å². The van der Waals surface area contributed by atoms with Gasteiger partial charge in [-0.3, -0.25) is 4.79 Å². The molecule has 5 atom stereocenters. The quantitative estimate of drug-likeness (QED) is 0.617. The molecule has 0 aromatic heterocycles. The number of hydrogen-bond donors (Lipinski definition) is 0. The van der Waals surface area contributed by atoms with Crippen LogP contribution in [0.25, 0.3) is 0 Å². The van der Waals surface area contributed by atoms with Gasteiger partial charge in [0.2, 0.25) is 10.0 Å². The number of carbonyl (C=O) groups excluding carboxylic acids is 1. The number of hydrogen-bond acceptors (Lipinski definition) is 3. The molecule has 3 aliphatic rings. The maximum atomic E-state index is 12.7. The summed E-state index contributed by atoms with van der Waals surface area (Å²) in [5.74, 6) is 0.351. The van der Waals surface area contributed by atoms with Crippen LogP contribution in [0.2, 0.25) is 0 Å². The van der Waals surface area contributed by atoms with Gasteiger partial charge < -0.3 is 0 Å². The van der Waals surface area contributed by atoms with Crippen LogP contribution < -0.4 is 0 Å². The van der Waals surface area contributed by atoms with Crippen molar-refractivity contribution >= 4 is 47.8 Å². The molecule has 2 bridgehead atoms. The zero-order valence-corrected chi connectivity index (χ0v) is 16.5. The number of rotatable bonds is 2. The lowest BCUT2D eigenvalue weighted by atomic mass is 9.69. The summed E-state index contributed by atoms with van der Waals surface area (Å²) in [6, 6.07) is -0.143. The summed E-state index contributed by atoms with van der Waals surface area (Å²) in [6.45, 7) is 6.22. The summed E-state index contributed by atoms with van der Waals surface area (Å²) < 4.78 is 26.6. The van der Waals surface area contributed by atoms with Crippen molar-refractivity contribution in [3.8, 4) is 0 Å². The van der Waals surface area contributed by atoms with Gasteiger partial charge in [0.05, 0.1) is 11.8 Å². The summed E-state index contributed by atoms with van der Waals surface area (Å²) in [4.78, 5) is 12.1. The molecule has 21 heavy (non-hydrogen) atoms. The zero-order valence-electron chi connectivity index (χ0n) is 12.5. The molecule has 3 fully saturated rings. The van der Waals surface area contributed by atoms with E-state index in [1.54, 1.807) is 0 Å². The molecule has 7 heteroatoms. The zero-order chi connectivity index (χ0) is 15.8. The fourth-order valence-electron chi connectivity index (χ4n) is 4.90. The molecule has 0 aromatic carbocycles. The Kier molecular flexibility index (Phi) is 3.63. The van der Waals surface area contributed by atoms with Gasteiger partial charge in [-0.15, -0.1) is 0 Å². The van der Waals surface area contributed by atoms with Gasteiger partial charge in [-0.05, 0) is 30.6 Å². The molecule has 0 aromatic rings. The monoisotopic (exact) mass is 441 g/mol. The predicted molar refractivity (Wildman–Crippen MR) is 89.1 cm³/mol. The molecule has 120 valence electrons. The second-order valence-corrected chi connectivity index (χ2v) is 11.6. The fraction of sp³-hybridized carbons (Fsp3) is 0.929. The first-order valence-electron chi connectivity index (χ1n) is 7.39. The van der Waals surface area contributed by atoms with E-state index < -0.39 is 14.9 Å². The predicted octanol–water partition coefficient (Wildman–Crippen LogP) is 2.90. The van der Waals surface area contributed by atoms with Crippen LogP contribution in [0.4, 0.5) is 0 Å². The van der Waals surface area contributed by atoms with Gasteiger partial charge in [0, 0.05) is 10.2 Å². The smallest absolute Gasteiger partial charge is 0.251 e. The average Bonchev–Trinajstić information content (AvgIpc) is 2.83. The topological polar surface area (TPSA) is 54.5 Å². The van der Waals surface area contributed by atoms with Crippen molar-refractivity contribution in [3.05, 3.63) is 0 Å². The molecule has 0 radical (unpaired) electrons. The Labute approximate surface area is 143 Å². The lowest BCUT2D eigenvalue weighted by Crippen LogP contribution is -2.47. The van der Waals surface area contributed by atoms with Crippen LogP contribution >= 0.6 is 31.9 Å². The summed E-state index contributed by atoms with van der Waals surface area (Å²) in [6.07, 6.45) is 2.84. The third-order valence-electron chi connectivity index (χ3n) is 6.27.